The van der Waals surface area contributed by atoms with E-state index in [0.29, 0.717) is 6.79 Å². The Bertz CT molecular complexity index is 534. The van der Waals surface area contributed by atoms with Crippen molar-refractivity contribution in [3.63, 3.8) is 0 Å². The molecule has 1 heterocycles. The quantitative estimate of drug-likeness (QED) is 0.798. The van der Waals surface area contributed by atoms with E-state index in [4.69, 9.17) is 9.47 Å². The summed E-state index contributed by atoms with van der Waals surface area (Å²) in [4.78, 5) is 2.40. The predicted octanol–water partition coefficient (Wildman–Crippen LogP) is 3.87. The monoisotopic (exact) mass is 244 g/mol. The number of ether oxygens (including phenoxy) is 2. The van der Waals surface area contributed by atoms with E-state index in [0.717, 1.165) is 16.4 Å². The highest BCUT2D eigenvalue weighted by atomic mass is 32.2. The molecule has 0 N–H and O–H groups in total. The van der Waals surface area contributed by atoms with Crippen molar-refractivity contribution < 1.29 is 9.47 Å². The highest BCUT2D eigenvalue weighted by Crippen LogP contribution is 2.37. The first kappa shape index (κ1) is 10.5. The molecule has 3 rings (SSSR count). The van der Waals surface area contributed by atoms with Gasteiger partial charge in [-0.15, -0.1) is 0 Å². The van der Waals surface area contributed by atoms with Gasteiger partial charge in [0.15, 0.2) is 11.5 Å². The fraction of sp³-hybridized carbons (Fsp3) is 0.143. The second-order valence-corrected chi connectivity index (χ2v) is 5.08. The van der Waals surface area contributed by atoms with Gasteiger partial charge in [-0.05, 0) is 37.3 Å². The summed E-state index contributed by atoms with van der Waals surface area (Å²) in [5, 5.41) is 0. The third kappa shape index (κ3) is 2.24. The number of fused-ring (bicyclic) bond motifs is 1. The van der Waals surface area contributed by atoms with Gasteiger partial charge < -0.3 is 9.47 Å². The molecule has 0 unspecified atom stereocenters. The predicted molar refractivity (Wildman–Crippen MR) is 67.9 cm³/mol. The van der Waals surface area contributed by atoms with Gasteiger partial charge in [0, 0.05) is 9.79 Å². The average Bonchev–Trinajstić information content (AvgIpc) is 2.79. The first-order chi connectivity index (χ1) is 8.31. The van der Waals surface area contributed by atoms with E-state index >= 15 is 0 Å². The summed E-state index contributed by atoms with van der Waals surface area (Å²) in [7, 11) is 0. The molecule has 0 fully saturated rings. The molecule has 17 heavy (non-hydrogen) atoms. The second kappa shape index (κ2) is 4.34. The van der Waals surface area contributed by atoms with Crippen molar-refractivity contribution in [2.75, 3.05) is 6.79 Å². The summed E-state index contributed by atoms with van der Waals surface area (Å²) in [5.41, 5.74) is 1.28. The Balaban J connectivity index is 1.83. The number of hydrogen-bond donors (Lipinski definition) is 0. The summed E-state index contributed by atoms with van der Waals surface area (Å²) in [6.07, 6.45) is 0. The lowest BCUT2D eigenvalue weighted by Gasteiger charge is -2.03. The van der Waals surface area contributed by atoms with Crippen molar-refractivity contribution in [3.05, 3.63) is 48.0 Å². The van der Waals surface area contributed by atoms with Crippen LogP contribution in [0.2, 0.25) is 0 Å². The number of rotatable bonds is 2. The highest BCUT2D eigenvalue weighted by molar-refractivity contribution is 7.99. The molecular formula is C14H12O2S. The Labute approximate surface area is 105 Å². The van der Waals surface area contributed by atoms with E-state index in [1.54, 1.807) is 11.8 Å². The summed E-state index contributed by atoms with van der Waals surface area (Å²) in [6.45, 7) is 2.42. The van der Waals surface area contributed by atoms with Gasteiger partial charge in [0.05, 0.1) is 0 Å². The summed E-state index contributed by atoms with van der Waals surface area (Å²) >= 11 is 1.73. The number of benzene rings is 2. The van der Waals surface area contributed by atoms with Crippen molar-refractivity contribution in [3.8, 4) is 11.5 Å². The fourth-order valence-electron chi connectivity index (χ4n) is 1.68. The van der Waals surface area contributed by atoms with E-state index in [-0.39, 0.29) is 0 Å². The molecule has 2 nitrogen and oxygen atoms in total. The molecule has 0 aliphatic carbocycles. The van der Waals surface area contributed by atoms with Gasteiger partial charge in [-0.2, -0.15) is 0 Å². The standard InChI is InChI=1S/C14H12O2S/c1-10-2-4-11(5-3-10)17-12-6-7-13-14(8-12)16-9-15-13/h2-8H,9H2,1H3. The molecule has 0 amide bonds. The van der Waals surface area contributed by atoms with Crippen LogP contribution >= 0.6 is 11.8 Å². The van der Waals surface area contributed by atoms with E-state index in [2.05, 4.69) is 37.3 Å². The minimum Gasteiger partial charge on any atom is -0.454 e. The van der Waals surface area contributed by atoms with Crippen LogP contribution in [-0.2, 0) is 0 Å². The van der Waals surface area contributed by atoms with Gasteiger partial charge >= 0.3 is 0 Å². The van der Waals surface area contributed by atoms with Crippen molar-refractivity contribution in [1.82, 2.24) is 0 Å². The molecule has 0 saturated heterocycles. The van der Waals surface area contributed by atoms with Gasteiger partial charge in [0.25, 0.3) is 0 Å². The van der Waals surface area contributed by atoms with Crippen molar-refractivity contribution >= 4 is 11.8 Å². The van der Waals surface area contributed by atoms with E-state index in [1.165, 1.54) is 10.5 Å². The summed E-state index contributed by atoms with van der Waals surface area (Å²) < 4.78 is 10.6. The second-order valence-electron chi connectivity index (χ2n) is 3.93. The lowest BCUT2D eigenvalue weighted by molar-refractivity contribution is 0.174. The number of hydrogen-bond acceptors (Lipinski definition) is 3. The molecule has 1 aliphatic rings. The molecule has 0 bridgehead atoms. The lowest BCUT2D eigenvalue weighted by Crippen LogP contribution is -1.92. The molecular weight excluding hydrogens is 232 g/mol. The SMILES string of the molecule is Cc1ccc(Sc2ccc3c(c2)OCO3)cc1. The molecule has 86 valence electrons. The zero-order valence-electron chi connectivity index (χ0n) is 9.47. The first-order valence-corrected chi connectivity index (χ1v) is 6.27. The molecule has 0 radical (unpaired) electrons. The van der Waals surface area contributed by atoms with E-state index < -0.39 is 0 Å². The van der Waals surface area contributed by atoms with E-state index in [1.807, 2.05) is 12.1 Å². The van der Waals surface area contributed by atoms with Crippen LogP contribution in [-0.4, -0.2) is 6.79 Å². The third-order valence-electron chi connectivity index (χ3n) is 2.60. The highest BCUT2D eigenvalue weighted by Gasteiger charge is 2.13. The average molecular weight is 244 g/mol. The van der Waals surface area contributed by atoms with Crippen molar-refractivity contribution in [2.24, 2.45) is 0 Å². The van der Waals surface area contributed by atoms with Gasteiger partial charge in [-0.3, -0.25) is 0 Å². The van der Waals surface area contributed by atoms with Crippen LogP contribution in [0.4, 0.5) is 0 Å². The molecule has 2 aromatic carbocycles. The molecule has 0 saturated carbocycles. The Hall–Kier alpha value is -1.61. The third-order valence-corrected chi connectivity index (χ3v) is 3.60. The minimum absolute atomic E-state index is 0.327. The molecule has 1 aliphatic heterocycles. The summed E-state index contributed by atoms with van der Waals surface area (Å²) in [6, 6.07) is 14.5. The lowest BCUT2D eigenvalue weighted by atomic mass is 10.2. The Morgan fingerprint density at radius 2 is 1.59 bits per heavy atom. The normalized spacial score (nSPS) is 12.8. The maximum Gasteiger partial charge on any atom is 0.231 e. The maximum absolute atomic E-state index is 5.36. The van der Waals surface area contributed by atoms with Crippen molar-refractivity contribution in [2.45, 2.75) is 16.7 Å². The van der Waals surface area contributed by atoms with Crippen molar-refractivity contribution in [1.29, 1.82) is 0 Å². The van der Waals surface area contributed by atoms with Crippen LogP contribution in [0.25, 0.3) is 0 Å². The van der Waals surface area contributed by atoms with Gasteiger partial charge in [-0.1, -0.05) is 29.5 Å². The van der Waals surface area contributed by atoms with Crippen LogP contribution < -0.4 is 9.47 Å². The maximum atomic E-state index is 5.36. The zero-order chi connectivity index (χ0) is 11.7. The molecule has 0 aromatic heterocycles. The van der Waals surface area contributed by atoms with Gasteiger partial charge in [-0.25, -0.2) is 0 Å². The van der Waals surface area contributed by atoms with Gasteiger partial charge in [0.1, 0.15) is 0 Å². The Kier molecular flexibility index (Phi) is 2.69. The summed E-state index contributed by atoms with van der Waals surface area (Å²) in [5.74, 6) is 1.67. The minimum atomic E-state index is 0.327. The smallest absolute Gasteiger partial charge is 0.231 e. The largest absolute Gasteiger partial charge is 0.454 e. The molecule has 0 atom stereocenters. The van der Waals surface area contributed by atoms with Crippen LogP contribution in [0.15, 0.2) is 52.3 Å². The first-order valence-electron chi connectivity index (χ1n) is 5.45. The van der Waals surface area contributed by atoms with Gasteiger partial charge in [0.2, 0.25) is 6.79 Å². The van der Waals surface area contributed by atoms with Crippen LogP contribution in [0.5, 0.6) is 11.5 Å². The molecule has 0 spiro atoms. The van der Waals surface area contributed by atoms with E-state index in [9.17, 15) is 0 Å². The topological polar surface area (TPSA) is 18.5 Å². The van der Waals surface area contributed by atoms with Crippen LogP contribution in [0.1, 0.15) is 5.56 Å². The Morgan fingerprint density at radius 3 is 2.41 bits per heavy atom. The molecule has 3 heteroatoms. The Morgan fingerprint density at radius 1 is 0.882 bits per heavy atom. The van der Waals surface area contributed by atoms with Crippen LogP contribution in [0.3, 0.4) is 0 Å². The fourth-order valence-corrected chi connectivity index (χ4v) is 2.53. The van der Waals surface area contributed by atoms with Crippen LogP contribution in [0, 0.1) is 6.92 Å². The molecule has 2 aromatic rings. The number of aryl methyl sites for hydroxylation is 1. The zero-order valence-corrected chi connectivity index (χ0v) is 10.3.